The minimum atomic E-state index is -0.115. The van der Waals surface area contributed by atoms with Gasteiger partial charge in [-0.25, -0.2) is 0 Å². The summed E-state index contributed by atoms with van der Waals surface area (Å²) in [5, 5.41) is 2.95. The lowest BCUT2D eigenvalue weighted by molar-refractivity contribution is -0.123. The molecular formula is C20H23BrN2O2. The molecule has 0 saturated carbocycles. The SMILES string of the molecule is O=C(COc1cccc(Br)c1)NCc1ccccc1CN1CCCC1. The molecule has 1 N–H and O–H groups in total. The van der Waals surface area contributed by atoms with Crippen molar-refractivity contribution in [2.45, 2.75) is 25.9 Å². The number of nitrogens with one attached hydrogen (secondary N) is 1. The van der Waals surface area contributed by atoms with Crippen LogP contribution in [0.4, 0.5) is 0 Å². The lowest BCUT2D eigenvalue weighted by Crippen LogP contribution is -2.29. The Morgan fingerprint density at radius 2 is 1.84 bits per heavy atom. The highest BCUT2D eigenvalue weighted by Crippen LogP contribution is 2.18. The molecule has 4 nitrogen and oxygen atoms in total. The summed E-state index contributed by atoms with van der Waals surface area (Å²) in [7, 11) is 0. The quantitative estimate of drug-likeness (QED) is 0.766. The highest BCUT2D eigenvalue weighted by molar-refractivity contribution is 9.10. The molecule has 0 aliphatic carbocycles. The number of amides is 1. The van der Waals surface area contributed by atoms with Crippen LogP contribution in [-0.2, 0) is 17.9 Å². The molecule has 1 fully saturated rings. The zero-order valence-corrected chi connectivity index (χ0v) is 15.8. The number of likely N-dealkylation sites (tertiary alicyclic amines) is 1. The van der Waals surface area contributed by atoms with Crippen LogP contribution in [0.1, 0.15) is 24.0 Å². The van der Waals surface area contributed by atoms with E-state index in [1.165, 1.54) is 37.1 Å². The van der Waals surface area contributed by atoms with E-state index >= 15 is 0 Å². The number of ether oxygens (including phenoxy) is 1. The van der Waals surface area contributed by atoms with Crippen molar-refractivity contribution < 1.29 is 9.53 Å². The predicted molar refractivity (Wildman–Crippen MR) is 102 cm³/mol. The molecule has 1 heterocycles. The van der Waals surface area contributed by atoms with Crippen LogP contribution in [-0.4, -0.2) is 30.5 Å². The number of carbonyl (C=O) groups excluding carboxylic acids is 1. The molecule has 0 spiro atoms. The van der Waals surface area contributed by atoms with E-state index in [-0.39, 0.29) is 12.5 Å². The molecule has 3 rings (SSSR count). The molecule has 132 valence electrons. The highest BCUT2D eigenvalue weighted by atomic mass is 79.9. The zero-order chi connectivity index (χ0) is 17.5. The van der Waals surface area contributed by atoms with Crippen LogP contribution in [0.3, 0.4) is 0 Å². The van der Waals surface area contributed by atoms with Crippen molar-refractivity contribution in [3.05, 3.63) is 64.1 Å². The molecule has 5 heteroatoms. The van der Waals surface area contributed by atoms with Gasteiger partial charge in [0.05, 0.1) is 0 Å². The Morgan fingerprint density at radius 3 is 2.60 bits per heavy atom. The first-order valence-corrected chi connectivity index (χ1v) is 9.44. The molecule has 0 aromatic heterocycles. The van der Waals surface area contributed by atoms with E-state index in [2.05, 4.69) is 44.3 Å². The highest BCUT2D eigenvalue weighted by Gasteiger charge is 2.13. The Balaban J connectivity index is 1.50. The summed E-state index contributed by atoms with van der Waals surface area (Å²) in [5.74, 6) is 0.565. The minimum Gasteiger partial charge on any atom is -0.484 e. The summed E-state index contributed by atoms with van der Waals surface area (Å²) < 4.78 is 6.46. The van der Waals surface area contributed by atoms with Crippen LogP contribution in [0.5, 0.6) is 5.75 Å². The Hall–Kier alpha value is -1.85. The molecule has 0 radical (unpaired) electrons. The molecular weight excluding hydrogens is 380 g/mol. The standard InChI is InChI=1S/C20H23BrN2O2/c21-18-8-5-9-19(12-18)25-15-20(24)22-13-16-6-1-2-7-17(16)14-23-10-3-4-11-23/h1-2,5-9,12H,3-4,10-11,13-15H2,(H,22,24). The fourth-order valence-corrected chi connectivity index (χ4v) is 3.39. The number of benzene rings is 2. The first kappa shape index (κ1) is 18.0. The molecule has 2 aromatic rings. The first-order chi connectivity index (χ1) is 12.2. The summed E-state index contributed by atoms with van der Waals surface area (Å²) >= 11 is 3.39. The third kappa shape index (κ3) is 5.58. The van der Waals surface area contributed by atoms with Gasteiger partial charge in [0.2, 0.25) is 0 Å². The average Bonchev–Trinajstić information content (AvgIpc) is 3.12. The monoisotopic (exact) mass is 402 g/mol. The van der Waals surface area contributed by atoms with Crippen molar-refractivity contribution in [3.63, 3.8) is 0 Å². The normalized spacial score (nSPS) is 14.4. The summed E-state index contributed by atoms with van der Waals surface area (Å²) in [6.07, 6.45) is 2.57. The van der Waals surface area contributed by atoms with Gasteiger partial charge >= 0.3 is 0 Å². The van der Waals surface area contributed by atoms with Gasteiger partial charge < -0.3 is 10.1 Å². The Labute approximate surface area is 157 Å². The number of nitrogens with zero attached hydrogens (tertiary/aromatic N) is 1. The first-order valence-electron chi connectivity index (χ1n) is 8.65. The second kappa shape index (κ2) is 9.02. The van der Waals surface area contributed by atoms with Gasteiger partial charge in [-0.15, -0.1) is 0 Å². The number of halogens is 1. The van der Waals surface area contributed by atoms with Gasteiger partial charge in [0.15, 0.2) is 6.61 Å². The van der Waals surface area contributed by atoms with Crippen molar-refractivity contribution >= 4 is 21.8 Å². The van der Waals surface area contributed by atoms with E-state index in [0.29, 0.717) is 12.3 Å². The van der Waals surface area contributed by atoms with Gasteiger partial charge in [-0.3, -0.25) is 9.69 Å². The van der Waals surface area contributed by atoms with Gasteiger partial charge in [-0.2, -0.15) is 0 Å². The molecule has 1 aliphatic rings. The van der Waals surface area contributed by atoms with Crippen LogP contribution in [0.25, 0.3) is 0 Å². The Bertz CT molecular complexity index is 714. The van der Waals surface area contributed by atoms with E-state index in [4.69, 9.17) is 4.74 Å². The molecule has 2 aromatic carbocycles. The fourth-order valence-electron chi connectivity index (χ4n) is 3.02. The predicted octanol–water partition coefficient (Wildman–Crippen LogP) is 3.74. The summed E-state index contributed by atoms with van der Waals surface area (Å²) in [4.78, 5) is 14.5. The van der Waals surface area contributed by atoms with Gasteiger partial charge in [0, 0.05) is 17.6 Å². The zero-order valence-electron chi connectivity index (χ0n) is 14.2. The van der Waals surface area contributed by atoms with Gasteiger partial charge in [-0.05, 0) is 55.3 Å². The summed E-state index contributed by atoms with van der Waals surface area (Å²) in [6.45, 7) is 3.85. The molecule has 1 saturated heterocycles. The number of carbonyl (C=O) groups is 1. The van der Waals surface area contributed by atoms with E-state index in [0.717, 1.165) is 11.0 Å². The van der Waals surface area contributed by atoms with Gasteiger partial charge in [0.1, 0.15) is 5.75 Å². The van der Waals surface area contributed by atoms with Crippen molar-refractivity contribution in [1.82, 2.24) is 10.2 Å². The minimum absolute atomic E-state index is 0.0186. The van der Waals surface area contributed by atoms with E-state index in [1.54, 1.807) is 0 Å². The van der Waals surface area contributed by atoms with Gasteiger partial charge in [-0.1, -0.05) is 46.3 Å². The Morgan fingerprint density at radius 1 is 1.08 bits per heavy atom. The van der Waals surface area contributed by atoms with Crippen LogP contribution in [0.15, 0.2) is 53.0 Å². The maximum Gasteiger partial charge on any atom is 0.258 e. The van der Waals surface area contributed by atoms with Crippen molar-refractivity contribution in [2.75, 3.05) is 19.7 Å². The van der Waals surface area contributed by atoms with Crippen molar-refractivity contribution in [1.29, 1.82) is 0 Å². The molecule has 25 heavy (non-hydrogen) atoms. The number of hydrogen-bond acceptors (Lipinski definition) is 3. The number of hydrogen-bond donors (Lipinski definition) is 1. The van der Waals surface area contributed by atoms with Gasteiger partial charge in [0.25, 0.3) is 5.91 Å². The third-order valence-electron chi connectivity index (χ3n) is 4.35. The lowest BCUT2D eigenvalue weighted by atomic mass is 10.1. The second-order valence-electron chi connectivity index (χ2n) is 6.27. The molecule has 0 atom stereocenters. The lowest BCUT2D eigenvalue weighted by Gasteiger charge is -2.17. The maximum absolute atomic E-state index is 12.1. The molecule has 1 aliphatic heterocycles. The molecule has 1 amide bonds. The number of rotatable bonds is 7. The average molecular weight is 403 g/mol. The molecule has 0 bridgehead atoms. The van der Waals surface area contributed by atoms with E-state index < -0.39 is 0 Å². The Kier molecular flexibility index (Phi) is 6.48. The van der Waals surface area contributed by atoms with Crippen molar-refractivity contribution in [3.8, 4) is 5.75 Å². The van der Waals surface area contributed by atoms with Crippen LogP contribution >= 0.6 is 15.9 Å². The fraction of sp³-hybridized carbons (Fsp3) is 0.350. The topological polar surface area (TPSA) is 41.6 Å². The van der Waals surface area contributed by atoms with Crippen LogP contribution in [0, 0.1) is 0 Å². The largest absolute Gasteiger partial charge is 0.484 e. The second-order valence-corrected chi connectivity index (χ2v) is 7.19. The van der Waals surface area contributed by atoms with Crippen molar-refractivity contribution in [2.24, 2.45) is 0 Å². The van der Waals surface area contributed by atoms with Crippen LogP contribution in [0.2, 0.25) is 0 Å². The summed E-state index contributed by atoms with van der Waals surface area (Å²) in [5.41, 5.74) is 2.46. The maximum atomic E-state index is 12.1. The smallest absolute Gasteiger partial charge is 0.258 e. The van der Waals surface area contributed by atoms with E-state index in [9.17, 15) is 4.79 Å². The molecule has 0 unspecified atom stereocenters. The summed E-state index contributed by atoms with van der Waals surface area (Å²) in [6, 6.07) is 15.8. The van der Waals surface area contributed by atoms with Crippen LogP contribution < -0.4 is 10.1 Å². The van der Waals surface area contributed by atoms with E-state index in [1.807, 2.05) is 30.3 Å². The third-order valence-corrected chi connectivity index (χ3v) is 4.85.